The number of halogens is 2. The molecule has 2 aromatic rings. The zero-order valence-electron chi connectivity index (χ0n) is 12.1. The van der Waals surface area contributed by atoms with Gasteiger partial charge in [-0.3, -0.25) is 0 Å². The third-order valence-corrected chi connectivity index (χ3v) is 4.70. The van der Waals surface area contributed by atoms with Gasteiger partial charge in [0.2, 0.25) is 0 Å². The number of rotatable bonds is 7. The summed E-state index contributed by atoms with van der Waals surface area (Å²) < 4.78 is 52.9. The minimum Gasteiger partial charge on any atom is -0.435 e. The molecule has 124 valence electrons. The fourth-order valence-electron chi connectivity index (χ4n) is 2.14. The summed E-state index contributed by atoms with van der Waals surface area (Å²) in [5, 5.41) is 10.0. The highest BCUT2D eigenvalue weighted by molar-refractivity contribution is 7.90. The van der Waals surface area contributed by atoms with E-state index in [0.29, 0.717) is 11.1 Å². The summed E-state index contributed by atoms with van der Waals surface area (Å²) in [5.74, 6) is -0.912. The highest BCUT2D eigenvalue weighted by Crippen LogP contribution is 2.20. The number of aliphatic hydroxyl groups is 1. The summed E-state index contributed by atoms with van der Waals surface area (Å²) >= 11 is 0. The molecule has 7 heteroatoms. The van der Waals surface area contributed by atoms with E-state index >= 15 is 0 Å². The van der Waals surface area contributed by atoms with Crippen molar-refractivity contribution >= 4 is 9.84 Å². The van der Waals surface area contributed by atoms with Crippen molar-refractivity contribution in [2.45, 2.75) is 18.5 Å². The van der Waals surface area contributed by atoms with Crippen LogP contribution >= 0.6 is 0 Å². The Labute approximate surface area is 133 Å². The van der Waals surface area contributed by atoms with Gasteiger partial charge < -0.3 is 9.84 Å². The standard InChI is InChI=1S/C16H16F2O4S/c17-16(18)22-14-8-4-5-12(9-14)10-23(20,21)11-15(19)13-6-2-1-3-7-13/h1-9,15-16,19H,10-11H2. The molecule has 0 spiro atoms. The third kappa shape index (κ3) is 5.61. The lowest BCUT2D eigenvalue weighted by molar-refractivity contribution is -0.0498. The molecule has 2 aromatic carbocycles. The molecule has 0 aliphatic heterocycles. The minimum absolute atomic E-state index is 0.101. The fraction of sp³-hybridized carbons (Fsp3) is 0.250. The largest absolute Gasteiger partial charge is 0.435 e. The first-order valence-electron chi connectivity index (χ1n) is 6.83. The van der Waals surface area contributed by atoms with Crippen LogP contribution < -0.4 is 4.74 Å². The van der Waals surface area contributed by atoms with Crippen molar-refractivity contribution in [2.24, 2.45) is 0 Å². The topological polar surface area (TPSA) is 63.6 Å². The Morgan fingerprint density at radius 2 is 1.74 bits per heavy atom. The van der Waals surface area contributed by atoms with Gasteiger partial charge in [0.05, 0.1) is 17.6 Å². The highest BCUT2D eigenvalue weighted by atomic mass is 32.2. The van der Waals surface area contributed by atoms with Crippen molar-refractivity contribution in [3.8, 4) is 5.75 Å². The number of sulfone groups is 1. The molecule has 0 radical (unpaired) electrons. The van der Waals surface area contributed by atoms with Crippen molar-refractivity contribution in [1.82, 2.24) is 0 Å². The van der Waals surface area contributed by atoms with Gasteiger partial charge in [-0.05, 0) is 23.3 Å². The van der Waals surface area contributed by atoms with Gasteiger partial charge in [0, 0.05) is 0 Å². The Hall–Kier alpha value is -1.99. The molecule has 0 amide bonds. The monoisotopic (exact) mass is 342 g/mol. The Balaban J connectivity index is 2.06. The second kappa shape index (κ2) is 7.52. The van der Waals surface area contributed by atoms with Gasteiger partial charge in [-0.15, -0.1) is 0 Å². The number of aliphatic hydroxyl groups excluding tert-OH is 1. The molecule has 0 fully saturated rings. The van der Waals surface area contributed by atoms with Crippen molar-refractivity contribution in [2.75, 3.05) is 5.75 Å². The Morgan fingerprint density at radius 3 is 2.39 bits per heavy atom. The molecule has 0 heterocycles. The molecule has 4 nitrogen and oxygen atoms in total. The van der Waals surface area contributed by atoms with E-state index in [1.165, 1.54) is 24.3 Å². The molecule has 23 heavy (non-hydrogen) atoms. The van der Waals surface area contributed by atoms with Gasteiger partial charge >= 0.3 is 6.61 Å². The molecular formula is C16H16F2O4S. The Bertz CT molecular complexity index is 733. The SMILES string of the molecule is O=S(=O)(Cc1cccc(OC(F)F)c1)CC(O)c1ccccc1. The molecule has 0 aliphatic carbocycles. The van der Waals surface area contributed by atoms with E-state index in [1.807, 2.05) is 0 Å². The minimum atomic E-state index is -3.62. The fourth-order valence-corrected chi connectivity index (χ4v) is 3.62. The molecule has 1 N–H and O–H groups in total. The molecule has 0 aliphatic rings. The molecule has 0 bridgehead atoms. The van der Waals surface area contributed by atoms with Crippen LogP contribution in [0.3, 0.4) is 0 Å². The van der Waals surface area contributed by atoms with Gasteiger partial charge in [-0.2, -0.15) is 8.78 Å². The van der Waals surface area contributed by atoms with Crippen LogP contribution in [0.4, 0.5) is 8.78 Å². The van der Waals surface area contributed by atoms with E-state index in [-0.39, 0.29) is 11.5 Å². The van der Waals surface area contributed by atoms with Crippen LogP contribution in [-0.2, 0) is 15.6 Å². The zero-order valence-corrected chi connectivity index (χ0v) is 12.9. The second-order valence-electron chi connectivity index (χ2n) is 5.01. The smallest absolute Gasteiger partial charge is 0.387 e. The number of hydrogen-bond acceptors (Lipinski definition) is 4. The molecule has 0 saturated carbocycles. The van der Waals surface area contributed by atoms with Crippen LogP contribution in [0.1, 0.15) is 17.2 Å². The van der Waals surface area contributed by atoms with Crippen LogP contribution in [0.5, 0.6) is 5.75 Å². The van der Waals surface area contributed by atoms with Crippen LogP contribution in [0.2, 0.25) is 0 Å². The normalized spacial score (nSPS) is 13.0. The Morgan fingerprint density at radius 1 is 1.04 bits per heavy atom. The molecule has 1 unspecified atom stereocenters. The number of ether oxygens (including phenoxy) is 1. The first-order valence-corrected chi connectivity index (χ1v) is 8.65. The van der Waals surface area contributed by atoms with Crippen molar-refractivity contribution in [3.63, 3.8) is 0 Å². The van der Waals surface area contributed by atoms with E-state index < -0.39 is 28.3 Å². The predicted octanol–water partition coefficient (Wildman–Crippen LogP) is 2.94. The van der Waals surface area contributed by atoms with Gasteiger partial charge in [0.1, 0.15) is 5.75 Å². The zero-order chi connectivity index (χ0) is 16.9. The molecule has 2 rings (SSSR count). The second-order valence-corrected chi connectivity index (χ2v) is 7.12. The number of hydrogen-bond donors (Lipinski definition) is 1. The number of alkyl halides is 2. The predicted molar refractivity (Wildman–Crippen MR) is 82.0 cm³/mol. The average Bonchev–Trinajstić information content (AvgIpc) is 2.46. The van der Waals surface area contributed by atoms with Crippen molar-refractivity contribution in [1.29, 1.82) is 0 Å². The maximum Gasteiger partial charge on any atom is 0.387 e. The van der Waals surface area contributed by atoms with E-state index in [0.717, 1.165) is 0 Å². The van der Waals surface area contributed by atoms with Gasteiger partial charge in [-0.1, -0.05) is 42.5 Å². The third-order valence-electron chi connectivity index (χ3n) is 3.11. The number of benzene rings is 2. The summed E-state index contributed by atoms with van der Waals surface area (Å²) in [5.41, 5.74) is 0.828. The lowest BCUT2D eigenvalue weighted by Gasteiger charge is -2.12. The molecular weight excluding hydrogens is 326 g/mol. The van der Waals surface area contributed by atoms with E-state index in [1.54, 1.807) is 30.3 Å². The van der Waals surface area contributed by atoms with Crippen molar-refractivity contribution in [3.05, 3.63) is 65.7 Å². The van der Waals surface area contributed by atoms with Crippen LogP contribution in [0.15, 0.2) is 54.6 Å². The summed E-state index contributed by atoms with van der Waals surface area (Å²) in [7, 11) is -3.62. The quantitative estimate of drug-likeness (QED) is 0.840. The van der Waals surface area contributed by atoms with E-state index in [2.05, 4.69) is 4.74 Å². The lowest BCUT2D eigenvalue weighted by Crippen LogP contribution is -2.16. The molecule has 1 atom stereocenters. The summed E-state index contributed by atoms with van der Waals surface area (Å²) in [6.07, 6.45) is -1.14. The molecule has 0 saturated heterocycles. The average molecular weight is 342 g/mol. The maximum absolute atomic E-state index is 12.2. The lowest BCUT2D eigenvalue weighted by atomic mass is 10.1. The van der Waals surface area contributed by atoms with Crippen LogP contribution in [0, 0.1) is 0 Å². The van der Waals surface area contributed by atoms with Crippen LogP contribution in [-0.4, -0.2) is 25.9 Å². The summed E-state index contributed by atoms with van der Waals surface area (Å²) in [4.78, 5) is 0. The molecule has 0 aromatic heterocycles. The van der Waals surface area contributed by atoms with Gasteiger partial charge in [0.25, 0.3) is 0 Å². The van der Waals surface area contributed by atoms with Crippen LogP contribution in [0.25, 0.3) is 0 Å². The summed E-state index contributed by atoms with van der Waals surface area (Å²) in [6.45, 7) is -2.97. The summed E-state index contributed by atoms with van der Waals surface area (Å²) in [6, 6.07) is 14.0. The van der Waals surface area contributed by atoms with Crippen molar-refractivity contribution < 1.29 is 27.0 Å². The first kappa shape index (κ1) is 17.4. The first-order chi connectivity index (χ1) is 10.9. The van der Waals surface area contributed by atoms with Gasteiger partial charge in [0.15, 0.2) is 9.84 Å². The van der Waals surface area contributed by atoms with Gasteiger partial charge in [-0.25, -0.2) is 8.42 Å². The maximum atomic E-state index is 12.2. The van der Waals surface area contributed by atoms with E-state index in [9.17, 15) is 22.3 Å². The highest BCUT2D eigenvalue weighted by Gasteiger charge is 2.19. The van der Waals surface area contributed by atoms with E-state index in [4.69, 9.17) is 0 Å². The Kier molecular flexibility index (Phi) is 5.68.